The molecule has 6 heteroatoms. The minimum atomic E-state index is -2.95. The molecule has 0 aromatic carbocycles. The van der Waals surface area contributed by atoms with Crippen LogP contribution in [0, 0.1) is 5.95 Å². The molecular formula is C7H6ClF3N2. The quantitative estimate of drug-likeness (QED) is 0.761. The number of hydrogen-bond donors (Lipinski definition) is 1. The summed E-state index contributed by atoms with van der Waals surface area (Å²) in [6.07, 6.45) is -1.99. The molecule has 0 aliphatic carbocycles. The van der Waals surface area contributed by atoms with Crippen LogP contribution >= 0.6 is 11.6 Å². The van der Waals surface area contributed by atoms with Crippen LogP contribution in [0.1, 0.15) is 17.6 Å². The van der Waals surface area contributed by atoms with Gasteiger partial charge in [0.1, 0.15) is 0 Å². The Kier molecular flexibility index (Phi) is 3.11. The third-order valence-electron chi connectivity index (χ3n) is 1.55. The fourth-order valence-corrected chi connectivity index (χ4v) is 1.17. The first-order chi connectivity index (χ1) is 6.07. The van der Waals surface area contributed by atoms with Crippen molar-refractivity contribution in [1.29, 1.82) is 0 Å². The summed E-state index contributed by atoms with van der Waals surface area (Å²) in [5, 5.41) is -0.0424. The van der Waals surface area contributed by atoms with E-state index in [-0.39, 0.29) is 17.1 Å². The number of pyridine rings is 1. The van der Waals surface area contributed by atoms with Crippen molar-refractivity contribution in [3.63, 3.8) is 0 Å². The lowest BCUT2D eigenvalue weighted by Crippen LogP contribution is -2.07. The third kappa shape index (κ3) is 1.92. The van der Waals surface area contributed by atoms with Crippen LogP contribution in [0.2, 0.25) is 5.02 Å². The molecule has 2 N–H and O–H groups in total. The van der Waals surface area contributed by atoms with Gasteiger partial charge in [-0.25, -0.2) is 13.8 Å². The molecule has 0 fully saturated rings. The summed E-state index contributed by atoms with van der Waals surface area (Å²) in [5.41, 5.74) is 4.24. The first-order valence-electron chi connectivity index (χ1n) is 3.39. The normalized spacial score (nSPS) is 10.9. The zero-order valence-electron chi connectivity index (χ0n) is 6.40. The van der Waals surface area contributed by atoms with Crippen molar-refractivity contribution < 1.29 is 13.2 Å². The van der Waals surface area contributed by atoms with Crippen LogP contribution < -0.4 is 5.73 Å². The molecule has 0 aliphatic rings. The Hall–Kier alpha value is -0.810. The van der Waals surface area contributed by atoms with Crippen molar-refractivity contribution in [2.24, 2.45) is 5.73 Å². The topological polar surface area (TPSA) is 38.9 Å². The lowest BCUT2D eigenvalue weighted by Gasteiger charge is -2.08. The number of aromatic nitrogens is 1. The largest absolute Gasteiger partial charge is 0.326 e. The Morgan fingerprint density at radius 1 is 1.54 bits per heavy atom. The van der Waals surface area contributed by atoms with Gasteiger partial charge in [-0.3, -0.25) is 0 Å². The number of rotatable bonds is 2. The average Bonchev–Trinajstić information content (AvgIpc) is 2.07. The summed E-state index contributed by atoms with van der Waals surface area (Å²) < 4.78 is 37.3. The second-order valence-corrected chi connectivity index (χ2v) is 2.70. The van der Waals surface area contributed by atoms with Crippen LogP contribution in [0.4, 0.5) is 13.2 Å². The molecule has 2 nitrogen and oxygen atoms in total. The van der Waals surface area contributed by atoms with Gasteiger partial charge in [-0.2, -0.15) is 4.39 Å². The van der Waals surface area contributed by atoms with Crippen LogP contribution in [0.15, 0.2) is 6.20 Å². The van der Waals surface area contributed by atoms with Gasteiger partial charge in [0.2, 0.25) is 5.95 Å². The SMILES string of the molecule is NCc1c(Cl)cnc(F)c1C(F)F. The standard InChI is InChI=1S/C7H6ClF3N2/c8-4-2-13-7(11)5(6(9)10)3(4)1-12/h2,6H,1,12H2. The molecule has 0 radical (unpaired) electrons. The van der Waals surface area contributed by atoms with Gasteiger partial charge in [-0.15, -0.1) is 0 Å². The molecule has 0 saturated carbocycles. The number of alkyl halides is 2. The van der Waals surface area contributed by atoms with E-state index in [2.05, 4.69) is 4.98 Å². The number of hydrogen-bond acceptors (Lipinski definition) is 2. The van der Waals surface area contributed by atoms with Crippen molar-refractivity contribution in [3.8, 4) is 0 Å². The Morgan fingerprint density at radius 3 is 2.54 bits per heavy atom. The highest BCUT2D eigenvalue weighted by Gasteiger charge is 2.20. The van der Waals surface area contributed by atoms with Gasteiger partial charge in [-0.1, -0.05) is 11.6 Å². The molecule has 1 rings (SSSR count). The van der Waals surface area contributed by atoms with Crippen LogP contribution in [0.3, 0.4) is 0 Å². The predicted octanol–water partition coefficient (Wildman–Crippen LogP) is 2.27. The summed E-state index contributed by atoms with van der Waals surface area (Å²) in [5.74, 6) is -1.22. The highest BCUT2D eigenvalue weighted by molar-refractivity contribution is 6.31. The van der Waals surface area contributed by atoms with E-state index in [0.29, 0.717) is 0 Å². The predicted molar refractivity (Wildman–Crippen MR) is 42.1 cm³/mol. The van der Waals surface area contributed by atoms with Crippen molar-refractivity contribution in [2.45, 2.75) is 13.0 Å². The van der Waals surface area contributed by atoms with E-state index in [1.807, 2.05) is 0 Å². The van der Waals surface area contributed by atoms with Gasteiger partial charge in [-0.05, 0) is 5.56 Å². The van der Waals surface area contributed by atoms with Crippen molar-refractivity contribution in [2.75, 3.05) is 0 Å². The summed E-state index contributed by atoms with van der Waals surface area (Å²) in [7, 11) is 0. The minimum Gasteiger partial charge on any atom is -0.326 e. The Labute approximate surface area is 77.5 Å². The molecule has 0 aliphatic heterocycles. The van der Waals surface area contributed by atoms with E-state index in [4.69, 9.17) is 17.3 Å². The van der Waals surface area contributed by atoms with E-state index >= 15 is 0 Å². The summed E-state index contributed by atoms with van der Waals surface area (Å²) >= 11 is 5.50. The van der Waals surface area contributed by atoms with Crippen molar-refractivity contribution in [1.82, 2.24) is 4.98 Å². The maximum absolute atomic E-state index is 12.8. The second kappa shape index (κ2) is 3.93. The Morgan fingerprint density at radius 2 is 2.15 bits per heavy atom. The maximum Gasteiger partial charge on any atom is 0.268 e. The van der Waals surface area contributed by atoms with E-state index in [0.717, 1.165) is 6.20 Å². The number of halogens is 4. The van der Waals surface area contributed by atoms with Crippen molar-refractivity contribution >= 4 is 11.6 Å². The molecule has 13 heavy (non-hydrogen) atoms. The smallest absolute Gasteiger partial charge is 0.268 e. The molecule has 1 heterocycles. The van der Waals surface area contributed by atoms with Crippen LogP contribution in [-0.2, 0) is 6.54 Å². The molecule has 0 saturated heterocycles. The molecule has 0 spiro atoms. The average molecular weight is 211 g/mol. The van der Waals surface area contributed by atoms with Gasteiger partial charge in [0, 0.05) is 12.7 Å². The van der Waals surface area contributed by atoms with Crippen LogP contribution in [-0.4, -0.2) is 4.98 Å². The molecule has 0 unspecified atom stereocenters. The molecule has 0 bridgehead atoms. The van der Waals surface area contributed by atoms with Crippen LogP contribution in [0.25, 0.3) is 0 Å². The van der Waals surface area contributed by atoms with Gasteiger partial charge >= 0.3 is 0 Å². The number of nitrogens with zero attached hydrogens (tertiary/aromatic N) is 1. The maximum atomic E-state index is 12.8. The summed E-state index contributed by atoms with van der Waals surface area (Å²) in [4.78, 5) is 3.07. The Bertz CT molecular complexity index is 317. The number of nitrogens with two attached hydrogens (primary N) is 1. The minimum absolute atomic E-state index is 0.0424. The zero-order chi connectivity index (χ0) is 10.0. The summed E-state index contributed by atoms with van der Waals surface area (Å²) in [6.45, 7) is -0.238. The van der Waals surface area contributed by atoms with Gasteiger partial charge in [0.25, 0.3) is 6.43 Å². The Balaban J connectivity index is 3.35. The van der Waals surface area contributed by atoms with Crippen molar-refractivity contribution in [3.05, 3.63) is 28.3 Å². The molecule has 0 amide bonds. The first kappa shape index (κ1) is 10.3. The van der Waals surface area contributed by atoms with Gasteiger partial charge in [0.05, 0.1) is 10.6 Å². The monoisotopic (exact) mass is 210 g/mol. The molecule has 1 aromatic heterocycles. The van der Waals surface area contributed by atoms with Crippen LogP contribution in [0.5, 0.6) is 0 Å². The third-order valence-corrected chi connectivity index (χ3v) is 1.87. The highest BCUT2D eigenvalue weighted by Crippen LogP contribution is 2.28. The van der Waals surface area contributed by atoms with E-state index < -0.39 is 17.9 Å². The first-order valence-corrected chi connectivity index (χ1v) is 3.76. The molecule has 1 aromatic rings. The second-order valence-electron chi connectivity index (χ2n) is 2.29. The van der Waals surface area contributed by atoms with E-state index in [1.165, 1.54) is 0 Å². The lowest BCUT2D eigenvalue weighted by molar-refractivity contribution is 0.144. The van der Waals surface area contributed by atoms with Gasteiger partial charge in [0.15, 0.2) is 0 Å². The lowest BCUT2D eigenvalue weighted by atomic mass is 10.1. The summed E-state index contributed by atoms with van der Waals surface area (Å²) in [6, 6.07) is 0. The fourth-order valence-electron chi connectivity index (χ4n) is 0.943. The molecular weight excluding hydrogens is 205 g/mol. The van der Waals surface area contributed by atoms with E-state index in [1.54, 1.807) is 0 Å². The molecule has 72 valence electrons. The van der Waals surface area contributed by atoms with E-state index in [9.17, 15) is 13.2 Å². The zero-order valence-corrected chi connectivity index (χ0v) is 7.15. The molecule has 0 atom stereocenters. The van der Waals surface area contributed by atoms with Gasteiger partial charge < -0.3 is 5.73 Å². The highest BCUT2D eigenvalue weighted by atomic mass is 35.5. The fraction of sp³-hybridized carbons (Fsp3) is 0.286.